The summed E-state index contributed by atoms with van der Waals surface area (Å²) in [4.78, 5) is 0. The van der Waals surface area contributed by atoms with Crippen molar-refractivity contribution in [2.45, 2.75) is 13.5 Å². The summed E-state index contributed by atoms with van der Waals surface area (Å²) in [5.74, 6) is 0.909. The van der Waals surface area contributed by atoms with E-state index < -0.39 is 0 Å². The van der Waals surface area contributed by atoms with Gasteiger partial charge in [0.25, 0.3) is 0 Å². The Bertz CT molecular complexity index is 481. The molecule has 1 heterocycles. The zero-order valence-electron chi connectivity index (χ0n) is 8.31. The third-order valence-electron chi connectivity index (χ3n) is 2.14. The van der Waals surface area contributed by atoms with Crippen molar-refractivity contribution in [2.75, 3.05) is 6.54 Å². The van der Waals surface area contributed by atoms with Gasteiger partial charge in [-0.2, -0.15) is 0 Å². The predicted molar refractivity (Wildman–Crippen MR) is 66.3 cm³/mol. The highest BCUT2D eigenvalue weighted by atomic mass is 79.9. The molecule has 15 heavy (non-hydrogen) atoms. The van der Waals surface area contributed by atoms with Crippen molar-refractivity contribution in [3.05, 3.63) is 33.5 Å². The molecule has 0 amide bonds. The minimum atomic E-state index is 0.641. The van der Waals surface area contributed by atoms with E-state index in [1.165, 1.54) is 0 Å². The molecule has 0 aliphatic heterocycles. The smallest absolute Gasteiger partial charge is 0.153 e. The molecule has 0 fully saturated rings. The van der Waals surface area contributed by atoms with Gasteiger partial charge in [-0.1, -0.05) is 34.5 Å². The highest BCUT2D eigenvalue weighted by molar-refractivity contribution is 9.10. The van der Waals surface area contributed by atoms with E-state index in [-0.39, 0.29) is 0 Å². The molecule has 0 atom stereocenters. The van der Waals surface area contributed by atoms with Gasteiger partial charge < -0.3 is 9.73 Å². The minimum Gasteiger partial charge on any atom is -0.458 e. The molecule has 0 aliphatic carbocycles. The minimum absolute atomic E-state index is 0.641. The van der Waals surface area contributed by atoms with Gasteiger partial charge in [0.1, 0.15) is 5.76 Å². The quantitative estimate of drug-likeness (QED) is 0.925. The highest BCUT2D eigenvalue weighted by Crippen LogP contribution is 2.30. The Morgan fingerprint density at radius 1 is 1.40 bits per heavy atom. The maximum absolute atomic E-state index is 6.07. The maximum atomic E-state index is 6.07. The van der Waals surface area contributed by atoms with E-state index in [9.17, 15) is 0 Å². The highest BCUT2D eigenvalue weighted by Gasteiger charge is 2.07. The molecule has 0 saturated carbocycles. The van der Waals surface area contributed by atoms with Crippen LogP contribution in [0.2, 0.25) is 5.02 Å². The zero-order chi connectivity index (χ0) is 10.8. The molecular weight excluding hydrogens is 277 g/mol. The first-order valence-electron chi connectivity index (χ1n) is 4.79. The molecule has 2 nitrogen and oxygen atoms in total. The van der Waals surface area contributed by atoms with Crippen molar-refractivity contribution in [1.82, 2.24) is 5.32 Å². The second-order valence-electron chi connectivity index (χ2n) is 3.30. The fourth-order valence-electron chi connectivity index (χ4n) is 1.46. The topological polar surface area (TPSA) is 25.2 Å². The van der Waals surface area contributed by atoms with Crippen molar-refractivity contribution < 1.29 is 4.42 Å². The number of fused-ring (bicyclic) bond motifs is 1. The van der Waals surface area contributed by atoms with Crippen LogP contribution < -0.4 is 5.32 Å². The molecule has 1 N–H and O–H groups in total. The van der Waals surface area contributed by atoms with Crippen LogP contribution in [-0.2, 0) is 6.54 Å². The Balaban J connectivity index is 2.41. The van der Waals surface area contributed by atoms with Gasteiger partial charge in [0.05, 0.1) is 11.6 Å². The summed E-state index contributed by atoms with van der Waals surface area (Å²) in [6.45, 7) is 3.72. The summed E-state index contributed by atoms with van der Waals surface area (Å²) < 4.78 is 6.61. The van der Waals surface area contributed by atoms with Crippen LogP contribution >= 0.6 is 27.5 Å². The van der Waals surface area contributed by atoms with Crippen LogP contribution in [0.5, 0.6) is 0 Å². The SMILES string of the molecule is CCNCc1cc2cc(Br)cc(Cl)c2o1. The van der Waals surface area contributed by atoms with E-state index in [1.807, 2.05) is 18.2 Å². The normalized spacial score (nSPS) is 11.1. The van der Waals surface area contributed by atoms with Crippen LogP contribution in [0.4, 0.5) is 0 Å². The molecule has 2 rings (SSSR count). The molecule has 0 saturated heterocycles. The average Bonchev–Trinajstić information content (AvgIpc) is 2.57. The first-order chi connectivity index (χ1) is 7.20. The first kappa shape index (κ1) is 11.0. The summed E-state index contributed by atoms with van der Waals surface area (Å²) in [5.41, 5.74) is 0.757. The second-order valence-corrected chi connectivity index (χ2v) is 4.62. The number of halogens is 2. The van der Waals surface area contributed by atoms with Crippen LogP contribution in [0.1, 0.15) is 12.7 Å². The number of hydrogen-bond donors (Lipinski definition) is 1. The van der Waals surface area contributed by atoms with Gasteiger partial charge in [0.15, 0.2) is 5.58 Å². The molecule has 1 aromatic carbocycles. The summed E-state index contributed by atoms with van der Waals surface area (Å²) in [5, 5.41) is 4.88. The van der Waals surface area contributed by atoms with Crippen molar-refractivity contribution >= 4 is 38.5 Å². The lowest BCUT2D eigenvalue weighted by atomic mass is 10.2. The van der Waals surface area contributed by atoms with Crippen LogP contribution in [0.3, 0.4) is 0 Å². The third-order valence-corrected chi connectivity index (χ3v) is 2.87. The fraction of sp³-hybridized carbons (Fsp3) is 0.273. The number of hydrogen-bond acceptors (Lipinski definition) is 2. The van der Waals surface area contributed by atoms with Crippen LogP contribution in [0.15, 0.2) is 27.1 Å². The van der Waals surface area contributed by atoms with E-state index >= 15 is 0 Å². The molecule has 0 unspecified atom stereocenters. The Labute approximate surface area is 102 Å². The van der Waals surface area contributed by atoms with Gasteiger partial charge in [0, 0.05) is 9.86 Å². The van der Waals surface area contributed by atoms with Gasteiger partial charge in [0.2, 0.25) is 0 Å². The molecule has 1 aromatic heterocycles. The number of nitrogens with one attached hydrogen (secondary N) is 1. The van der Waals surface area contributed by atoms with Gasteiger partial charge in [-0.05, 0) is 24.7 Å². The van der Waals surface area contributed by atoms with Gasteiger partial charge in [-0.3, -0.25) is 0 Å². The predicted octanol–water partition coefficient (Wildman–Crippen LogP) is 3.96. The Morgan fingerprint density at radius 3 is 2.93 bits per heavy atom. The van der Waals surface area contributed by atoms with Crippen LogP contribution in [0.25, 0.3) is 11.0 Å². The van der Waals surface area contributed by atoms with Gasteiger partial charge >= 0.3 is 0 Å². The Hall–Kier alpha value is -0.510. The summed E-state index contributed by atoms with van der Waals surface area (Å²) in [6, 6.07) is 5.85. The van der Waals surface area contributed by atoms with Gasteiger partial charge in [-0.15, -0.1) is 0 Å². The molecule has 4 heteroatoms. The number of benzene rings is 1. The van der Waals surface area contributed by atoms with E-state index in [1.54, 1.807) is 0 Å². The molecule has 0 spiro atoms. The Kier molecular flexibility index (Phi) is 3.34. The summed E-state index contributed by atoms with van der Waals surface area (Å²) in [6.07, 6.45) is 0. The summed E-state index contributed by atoms with van der Waals surface area (Å²) >= 11 is 9.47. The van der Waals surface area contributed by atoms with Crippen LogP contribution in [-0.4, -0.2) is 6.54 Å². The van der Waals surface area contributed by atoms with Crippen molar-refractivity contribution in [3.8, 4) is 0 Å². The van der Waals surface area contributed by atoms with Crippen molar-refractivity contribution in [3.63, 3.8) is 0 Å². The number of furan rings is 1. The molecule has 0 aliphatic rings. The second kappa shape index (κ2) is 4.56. The lowest BCUT2D eigenvalue weighted by molar-refractivity contribution is 0.520. The number of rotatable bonds is 3. The van der Waals surface area contributed by atoms with Gasteiger partial charge in [-0.25, -0.2) is 0 Å². The molecular formula is C11H11BrClNO. The third kappa shape index (κ3) is 2.36. The average molecular weight is 289 g/mol. The van der Waals surface area contributed by atoms with E-state index in [4.69, 9.17) is 16.0 Å². The lowest BCUT2D eigenvalue weighted by Crippen LogP contribution is -2.10. The lowest BCUT2D eigenvalue weighted by Gasteiger charge is -1.95. The monoisotopic (exact) mass is 287 g/mol. The van der Waals surface area contributed by atoms with E-state index in [0.717, 1.165) is 34.3 Å². The largest absolute Gasteiger partial charge is 0.458 e. The van der Waals surface area contributed by atoms with Crippen molar-refractivity contribution in [2.24, 2.45) is 0 Å². The molecule has 0 bridgehead atoms. The molecule has 80 valence electrons. The molecule has 0 radical (unpaired) electrons. The maximum Gasteiger partial charge on any atom is 0.153 e. The van der Waals surface area contributed by atoms with E-state index in [2.05, 4.69) is 28.2 Å². The standard InChI is InChI=1S/C11H11BrClNO/c1-2-14-6-9-4-7-3-8(12)5-10(13)11(7)15-9/h3-5,14H,2,6H2,1H3. The summed E-state index contributed by atoms with van der Waals surface area (Å²) in [7, 11) is 0. The van der Waals surface area contributed by atoms with E-state index in [0.29, 0.717) is 5.02 Å². The zero-order valence-corrected chi connectivity index (χ0v) is 10.7. The first-order valence-corrected chi connectivity index (χ1v) is 5.96. The Morgan fingerprint density at radius 2 is 2.20 bits per heavy atom. The fourth-order valence-corrected chi connectivity index (χ4v) is 2.34. The molecule has 2 aromatic rings. The van der Waals surface area contributed by atoms with Crippen LogP contribution in [0, 0.1) is 0 Å². The van der Waals surface area contributed by atoms with Crippen molar-refractivity contribution in [1.29, 1.82) is 0 Å².